The van der Waals surface area contributed by atoms with Crippen LogP contribution in [0.1, 0.15) is 33.3 Å². The Morgan fingerprint density at radius 1 is 1.09 bits per heavy atom. The zero-order chi connectivity index (χ0) is 16.9. The van der Waals surface area contributed by atoms with E-state index in [4.69, 9.17) is 9.31 Å². The second kappa shape index (κ2) is 5.79. The molecule has 1 aromatic carbocycles. The van der Waals surface area contributed by atoms with Gasteiger partial charge in [0.25, 0.3) is 0 Å². The third kappa shape index (κ3) is 3.05. The standard InChI is InChI=1S/C14H14BF4IO2/c1-13(2)14(3,4)22-15(21-13)10(17)5-7-9(20)6-8(16)12(19)11(7)18/h5-6H,1-4H3. The Kier molecular flexibility index (Phi) is 4.67. The zero-order valence-corrected chi connectivity index (χ0v) is 14.6. The summed E-state index contributed by atoms with van der Waals surface area (Å²) in [7, 11) is -1.33. The molecule has 0 aromatic heterocycles. The van der Waals surface area contributed by atoms with Crippen LogP contribution in [0.25, 0.3) is 6.08 Å². The monoisotopic (exact) mass is 428 g/mol. The van der Waals surface area contributed by atoms with Crippen LogP contribution < -0.4 is 0 Å². The third-order valence-corrected chi connectivity index (χ3v) is 4.80. The fourth-order valence-electron chi connectivity index (χ4n) is 1.87. The minimum absolute atomic E-state index is 0.0423. The van der Waals surface area contributed by atoms with E-state index in [0.29, 0.717) is 0 Å². The summed E-state index contributed by atoms with van der Waals surface area (Å²) in [6.45, 7) is 6.95. The van der Waals surface area contributed by atoms with E-state index >= 15 is 0 Å². The third-order valence-electron chi connectivity index (χ3n) is 3.91. The topological polar surface area (TPSA) is 18.5 Å². The summed E-state index contributed by atoms with van der Waals surface area (Å²) in [5.74, 6) is -4.42. The molecule has 0 spiro atoms. The number of rotatable bonds is 2. The predicted octanol–water partition coefficient (Wildman–Crippen LogP) is 4.65. The molecule has 0 saturated carbocycles. The first-order chi connectivity index (χ1) is 9.96. The van der Waals surface area contributed by atoms with Crippen molar-refractivity contribution in [1.82, 2.24) is 0 Å². The van der Waals surface area contributed by atoms with Crippen molar-refractivity contribution in [3.05, 3.63) is 38.4 Å². The second-order valence-electron chi connectivity index (χ2n) is 6.00. The highest BCUT2D eigenvalue weighted by atomic mass is 127. The molecule has 2 rings (SSSR count). The highest BCUT2D eigenvalue weighted by Gasteiger charge is 2.53. The molecule has 22 heavy (non-hydrogen) atoms. The molecule has 0 aliphatic carbocycles. The van der Waals surface area contributed by atoms with Crippen LogP contribution in [0.15, 0.2) is 11.8 Å². The van der Waals surface area contributed by atoms with E-state index in [0.717, 1.165) is 12.1 Å². The van der Waals surface area contributed by atoms with Gasteiger partial charge in [0, 0.05) is 9.13 Å². The number of hydrogen-bond acceptors (Lipinski definition) is 2. The molecule has 8 heteroatoms. The summed E-state index contributed by atoms with van der Waals surface area (Å²) in [6, 6.07) is 0.794. The number of benzene rings is 1. The second-order valence-corrected chi connectivity index (χ2v) is 7.16. The average molecular weight is 428 g/mol. The van der Waals surface area contributed by atoms with Crippen LogP contribution in [0.4, 0.5) is 17.6 Å². The lowest BCUT2D eigenvalue weighted by Crippen LogP contribution is -2.41. The molecular formula is C14H14BF4IO2. The van der Waals surface area contributed by atoms with Gasteiger partial charge in [0.05, 0.1) is 11.2 Å². The van der Waals surface area contributed by atoms with Gasteiger partial charge < -0.3 is 9.31 Å². The Morgan fingerprint density at radius 2 is 1.59 bits per heavy atom. The lowest BCUT2D eigenvalue weighted by atomic mass is 9.86. The molecule has 1 saturated heterocycles. The van der Waals surface area contributed by atoms with E-state index in [9.17, 15) is 17.6 Å². The van der Waals surface area contributed by atoms with Crippen LogP contribution in [0, 0.1) is 21.0 Å². The molecule has 0 atom stereocenters. The predicted molar refractivity (Wildman–Crippen MR) is 84.2 cm³/mol. The molecular weight excluding hydrogens is 414 g/mol. The van der Waals surface area contributed by atoms with Crippen molar-refractivity contribution in [2.75, 3.05) is 0 Å². The quantitative estimate of drug-likeness (QED) is 0.225. The van der Waals surface area contributed by atoms with E-state index in [-0.39, 0.29) is 9.13 Å². The highest BCUT2D eigenvalue weighted by Crippen LogP contribution is 2.39. The molecule has 1 heterocycles. The van der Waals surface area contributed by atoms with Crippen molar-refractivity contribution >= 4 is 35.8 Å². The van der Waals surface area contributed by atoms with Gasteiger partial charge in [-0.1, -0.05) is 0 Å². The van der Waals surface area contributed by atoms with Gasteiger partial charge in [0.15, 0.2) is 17.5 Å². The molecule has 0 unspecified atom stereocenters. The molecule has 2 nitrogen and oxygen atoms in total. The van der Waals surface area contributed by atoms with Crippen molar-refractivity contribution < 1.29 is 26.9 Å². The maximum absolute atomic E-state index is 14.3. The van der Waals surface area contributed by atoms with Gasteiger partial charge in [-0.15, -0.1) is 0 Å². The molecule has 0 N–H and O–H groups in total. The maximum atomic E-state index is 14.3. The van der Waals surface area contributed by atoms with E-state index in [1.54, 1.807) is 50.3 Å². The van der Waals surface area contributed by atoms with Crippen molar-refractivity contribution in [3.8, 4) is 0 Å². The van der Waals surface area contributed by atoms with Crippen molar-refractivity contribution in [2.45, 2.75) is 38.9 Å². The van der Waals surface area contributed by atoms with Crippen molar-refractivity contribution in [1.29, 1.82) is 0 Å². The van der Waals surface area contributed by atoms with Crippen LogP contribution in [0.5, 0.6) is 0 Å². The Morgan fingerprint density at radius 3 is 2.09 bits per heavy atom. The smallest absolute Gasteiger partial charge is 0.398 e. The van der Waals surface area contributed by atoms with Crippen molar-refractivity contribution in [3.63, 3.8) is 0 Å². The maximum Gasteiger partial charge on any atom is 0.525 e. The first-order valence-electron chi connectivity index (χ1n) is 6.52. The fraction of sp³-hybridized carbons (Fsp3) is 0.429. The van der Waals surface area contributed by atoms with Gasteiger partial charge in [0.1, 0.15) is 5.73 Å². The number of halogens is 5. The van der Waals surface area contributed by atoms with E-state index in [1.807, 2.05) is 0 Å². The Labute approximate surface area is 140 Å². The minimum Gasteiger partial charge on any atom is -0.398 e. The van der Waals surface area contributed by atoms with E-state index in [2.05, 4.69) is 0 Å². The fourth-order valence-corrected chi connectivity index (χ4v) is 2.54. The normalized spacial score (nSPS) is 20.6. The SMILES string of the molecule is CC1(C)OB(C(F)=Cc2c(I)cc(F)c(F)c2F)OC1(C)C. The number of hydrogen-bond donors (Lipinski definition) is 0. The van der Waals surface area contributed by atoms with Gasteiger partial charge in [0.2, 0.25) is 0 Å². The van der Waals surface area contributed by atoms with Gasteiger partial charge in [-0.2, -0.15) is 0 Å². The van der Waals surface area contributed by atoms with Crippen molar-refractivity contribution in [2.24, 2.45) is 0 Å². The molecule has 1 aliphatic rings. The Balaban J connectivity index is 2.38. The molecule has 120 valence electrons. The summed E-state index contributed by atoms with van der Waals surface area (Å²) >= 11 is 1.60. The molecule has 0 amide bonds. The van der Waals surface area contributed by atoms with Crippen LogP contribution >= 0.6 is 22.6 Å². The van der Waals surface area contributed by atoms with Crippen LogP contribution in [-0.2, 0) is 9.31 Å². The first kappa shape index (κ1) is 17.7. The van der Waals surface area contributed by atoms with Crippen LogP contribution in [0.3, 0.4) is 0 Å². The van der Waals surface area contributed by atoms with E-state index < -0.39 is 41.5 Å². The molecule has 0 bridgehead atoms. The molecule has 1 fully saturated rings. The first-order valence-corrected chi connectivity index (χ1v) is 7.60. The lowest BCUT2D eigenvalue weighted by molar-refractivity contribution is 0.00578. The molecule has 0 radical (unpaired) electrons. The molecule has 1 aliphatic heterocycles. The summed E-state index contributed by atoms with van der Waals surface area (Å²) in [5, 5.41) is 0. The molecule has 1 aromatic rings. The van der Waals surface area contributed by atoms with Crippen LogP contribution in [-0.4, -0.2) is 18.3 Å². The summed E-state index contributed by atoms with van der Waals surface area (Å²) in [5.41, 5.74) is -2.82. The van der Waals surface area contributed by atoms with Gasteiger partial charge in [-0.25, -0.2) is 17.6 Å². The van der Waals surface area contributed by atoms with Gasteiger partial charge in [-0.05, 0) is 62.4 Å². The minimum atomic E-state index is -1.65. The van der Waals surface area contributed by atoms with Gasteiger partial charge >= 0.3 is 7.12 Å². The summed E-state index contributed by atoms with van der Waals surface area (Å²) in [6.07, 6.45) is 0.766. The van der Waals surface area contributed by atoms with Crippen LogP contribution in [0.2, 0.25) is 0 Å². The van der Waals surface area contributed by atoms with E-state index in [1.165, 1.54) is 0 Å². The lowest BCUT2D eigenvalue weighted by Gasteiger charge is -2.32. The van der Waals surface area contributed by atoms with Gasteiger partial charge in [-0.3, -0.25) is 0 Å². The summed E-state index contributed by atoms with van der Waals surface area (Å²) in [4.78, 5) is 0. The highest BCUT2D eigenvalue weighted by molar-refractivity contribution is 14.1. The Bertz CT molecular complexity index is 630. The Hall–Kier alpha value is -0.605. The summed E-state index contributed by atoms with van der Waals surface area (Å²) < 4.78 is 65.4. The average Bonchev–Trinajstić information content (AvgIpc) is 2.61. The zero-order valence-electron chi connectivity index (χ0n) is 12.4. The largest absolute Gasteiger partial charge is 0.525 e.